The highest BCUT2D eigenvalue weighted by Gasteiger charge is 2.56. The van der Waals surface area contributed by atoms with E-state index < -0.39 is 29.8 Å². The molecule has 3 atom stereocenters. The number of carboxylic acid groups (broad SMARTS) is 1. The molecule has 2 aliphatic rings. The van der Waals surface area contributed by atoms with Gasteiger partial charge in [-0.2, -0.15) is 0 Å². The number of amides is 2. The molecule has 2 amide bonds. The van der Waals surface area contributed by atoms with Crippen molar-refractivity contribution in [1.82, 2.24) is 4.90 Å². The van der Waals surface area contributed by atoms with Gasteiger partial charge in [-0.05, 0) is 18.9 Å². The minimum absolute atomic E-state index is 0.135. The lowest BCUT2D eigenvalue weighted by molar-refractivity contribution is -0.161. The highest BCUT2D eigenvalue weighted by Crippen LogP contribution is 2.43. The molecule has 102 valence electrons. The van der Waals surface area contributed by atoms with Crippen molar-refractivity contribution in [2.24, 2.45) is 11.7 Å². The predicted octanol–water partition coefficient (Wildman–Crippen LogP) is -1.02. The summed E-state index contributed by atoms with van der Waals surface area (Å²) in [5.41, 5.74) is 5.20. The second-order valence-corrected chi connectivity index (χ2v) is 4.66. The van der Waals surface area contributed by atoms with E-state index in [2.05, 4.69) is 0 Å². The maximum Gasteiger partial charge on any atom is 0.352 e. The summed E-state index contributed by atoms with van der Waals surface area (Å²) in [4.78, 5) is 34.9. The minimum atomic E-state index is -1.23. The third kappa shape index (κ3) is 2.01. The number of primary amides is 1. The number of fused-ring (bicyclic) bond motifs is 1. The number of hydrogen-bond acceptors (Lipinski definition) is 4. The van der Waals surface area contributed by atoms with E-state index in [0.717, 1.165) is 6.08 Å². The first kappa shape index (κ1) is 13.3. The molecular formula is C12H14N2O5. The zero-order chi connectivity index (χ0) is 14.3. The Labute approximate surface area is 109 Å². The first-order chi connectivity index (χ1) is 8.84. The van der Waals surface area contributed by atoms with Crippen LogP contribution in [0.15, 0.2) is 23.4 Å². The second-order valence-electron chi connectivity index (χ2n) is 4.66. The Morgan fingerprint density at radius 3 is 2.63 bits per heavy atom. The van der Waals surface area contributed by atoms with Gasteiger partial charge in [0.25, 0.3) is 0 Å². The average Bonchev–Trinajstić information content (AvgIpc) is 2.60. The average molecular weight is 266 g/mol. The van der Waals surface area contributed by atoms with Gasteiger partial charge < -0.3 is 20.8 Å². The summed E-state index contributed by atoms with van der Waals surface area (Å²) in [6, 6.07) is -0.355. The molecule has 7 nitrogen and oxygen atoms in total. The summed E-state index contributed by atoms with van der Waals surface area (Å²) < 4.78 is 0. The number of carbonyl (C=O) groups excluding carboxylic acids is 2. The Hall–Kier alpha value is -2.15. The molecule has 0 spiro atoms. The van der Waals surface area contributed by atoms with Crippen LogP contribution in [0.1, 0.15) is 13.3 Å². The molecule has 2 rings (SSSR count). The first-order valence-electron chi connectivity index (χ1n) is 5.79. The van der Waals surface area contributed by atoms with Crippen LogP contribution in [0.2, 0.25) is 0 Å². The number of hydrogen-bond donors (Lipinski definition) is 3. The molecule has 0 aliphatic carbocycles. The van der Waals surface area contributed by atoms with Crippen LogP contribution in [0.4, 0.5) is 0 Å². The third-order valence-corrected chi connectivity index (χ3v) is 3.41. The van der Waals surface area contributed by atoms with Gasteiger partial charge in [0.05, 0.1) is 18.1 Å². The van der Waals surface area contributed by atoms with E-state index >= 15 is 0 Å². The molecule has 0 saturated carbocycles. The molecule has 1 fully saturated rings. The van der Waals surface area contributed by atoms with Gasteiger partial charge in [0.2, 0.25) is 11.8 Å². The molecular weight excluding hydrogens is 252 g/mol. The van der Waals surface area contributed by atoms with Gasteiger partial charge in [0.15, 0.2) is 0 Å². The molecule has 0 aromatic rings. The van der Waals surface area contributed by atoms with Crippen LogP contribution >= 0.6 is 0 Å². The first-order valence-corrected chi connectivity index (χ1v) is 5.79. The standard InChI is InChI=1S/C12H14N2O5/c1-5(15)9-7-4-6(2-3-8(13)16)10(12(18)19)14(7)11(9)17/h2-3,5,7,9,15H,4H2,1H3,(H2,13,16)(H,18,19)/b3-2+/t5-,7-,9-/m1/s1. The molecule has 0 radical (unpaired) electrons. The number of allylic oxidation sites excluding steroid dienone is 1. The van der Waals surface area contributed by atoms with E-state index in [0.29, 0.717) is 12.0 Å². The van der Waals surface area contributed by atoms with Crippen LogP contribution < -0.4 is 5.73 Å². The third-order valence-electron chi connectivity index (χ3n) is 3.41. The molecule has 1 saturated heterocycles. The number of nitrogens with two attached hydrogens (primary N) is 1. The Bertz CT molecular complexity index is 520. The van der Waals surface area contributed by atoms with Crippen molar-refractivity contribution in [3.8, 4) is 0 Å². The lowest BCUT2D eigenvalue weighted by Crippen LogP contribution is -2.61. The fourth-order valence-electron chi connectivity index (χ4n) is 2.64. The van der Waals surface area contributed by atoms with Crippen LogP contribution in [0.3, 0.4) is 0 Å². The SMILES string of the molecule is C[C@@H](O)[C@H]1C(=O)N2C(C(=O)O)=C(/C=C/C(N)=O)C[C@H]12. The zero-order valence-corrected chi connectivity index (χ0v) is 10.2. The van der Waals surface area contributed by atoms with Gasteiger partial charge in [-0.1, -0.05) is 6.08 Å². The molecule has 19 heavy (non-hydrogen) atoms. The summed E-state index contributed by atoms with van der Waals surface area (Å²) in [6.45, 7) is 1.50. The number of nitrogens with zero attached hydrogens (tertiary/aromatic N) is 1. The van der Waals surface area contributed by atoms with Crippen molar-refractivity contribution >= 4 is 17.8 Å². The Morgan fingerprint density at radius 1 is 1.53 bits per heavy atom. The fraction of sp³-hybridized carbons (Fsp3) is 0.417. The molecule has 0 aromatic carbocycles. The quantitative estimate of drug-likeness (QED) is 0.444. The van der Waals surface area contributed by atoms with Crippen LogP contribution in [0, 0.1) is 5.92 Å². The van der Waals surface area contributed by atoms with Crippen molar-refractivity contribution in [2.45, 2.75) is 25.5 Å². The number of carbonyl (C=O) groups is 3. The van der Waals surface area contributed by atoms with Gasteiger partial charge in [-0.3, -0.25) is 9.59 Å². The number of aliphatic hydroxyl groups is 1. The topological polar surface area (TPSA) is 121 Å². The molecule has 7 heteroatoms. The van der Waals surface area contributed by atoms with Crippen LogP contribution in [0.5, 0.6) is 0 Å². The van der Waals surface area contributed by atoms with Crippen molar-refractivity contribution in [2.75, 3.05) is 0 Å². The van der Waals surface area contributed by atoms with E-state index in [1.165, 1.54) is 17.9 Å². The maximum absolute atomic E-state index is 11.8. The monoisotopic (exact) mass is 266 g/mol. The lowest BCUT2D eigenvalue weighted by Gasteiger charge is -2.44. The van der Waals surface area contributed by atoms with Gasteiger partial charge in [-0.15, -0.1) is 0 Å². The molecule has 2 aliphatic heterocycles. The fourth-order valence-corrected chi connectivity index (χ4v) is 2.64. The summed E-state index contributed by atoms with van der Waals surface area (Å²) in [5.74, 6) is -2.91. The highest BCUT2D eigenvalue weighted by atomic mass is 16.4. The number of β-lactam (4-membered cyclic amide) rings is 1. The van der Waals surface area contributed by atoms with Gasteiger partial charge in [0, 0.05) is 6.08 Å². The van der Waals surface area contributed by atoms with Crippen molar-refractivity contribution in [3.05, 3.63) is 23.4 Å². The van der Waals surface area contributed by atoms with Crippen LogP contribution in [0.25, 0.3) is 0 Å². The van der Waals surface area contributed by atoms with Crippen molar-refractivity contribution in [3.63, 3.8) is 0 Å². The van der Waals surface area contributed by atoms with Crippen LogP contribution in [-0.4, -0.2) is 45.0 Å². The number of carboxylic acids is 1. The highest BCUT2D eigenvalue weighted by molar-refractivity contribution is 6.00. The van der Waals surface area contributed by atoms with Gasteiger partial charge in [-0.25, -0.2) is 4.79 Å². The Kier molecular flexibility index (Phi) is 3.15. The summed E-state index contributed by atoms with van der Waals surface area (Å²) in [7, 11) is 0. The summed E-state index contributed by atoms with van der Waals surface area (Å²) >= 11 is 0. The van der Waals surface area contributed by atoms with Crippen LogP contribution in [-0.2, 0) is 14.4 Å². The lowest BCUT2D eigenvalue weighted by atomic mass is 9.83. The molecule has 2 heterocycles. The summed E-state index contributed by atoms with van der Waals surface area (Å²) in [5, 5.41) is 18.7. The largest absolute Gasteiger partial charge is 0.477 e. The van der Waals surface area contributed by atoms with E-state index in [9.17, 15) is 19.5 Å². The number of aliphatic carboxylic acids is 1. The molecule has 0 bridgehead atoms. The normalized spacial score (nSPS) is 27.5. The molecule has 0 unspecified atom stereocenters. The van der Waals surface area contributed by atoms with E-state index in [1.807, 2.05) is 0 Å². The van der Waals surface area contributed by atoms with Crippen molar-refractivity contribution < 1.29 is 24.6 Å². The second kappa shape index (κ2) is 4.51. The Morgan fingerprint density at radius 2 is 2.16 bits per heavy atom. The number of aliphatic hydroxyl groups excluding tert-OH is 1. The maximum atomic E-state index is 11.8. The minimum Gasteiger partial charge on any atom is -0.477 e. The van der Waals surface area contributed by atoms with Crippen molar-refractivity contribution in [1.29, 1.82) is 0 Å². The molecule has 4 N–H and O–H groups in total. The Balaban J connectivity index is 2.32. The van der Waals surface area contributed by atoms with E-state index in [-0.39, 0.29) is 11.7 Å². The molecule has 0 aromatic heterocycles. The van der Waals surface area contributed by atoms with E-state index in [1.54, 1.807) is 0 Å². The van der Waals surface area contributed by atoms with E-state index in [4.69, 9.17) is 10.8 Å². The van der Waals surface area contributed by atoms with Gasteiger partial charge in [0.1, 0.15) is 5.70 Å². The predicted molar refractivity (Wildman–Crippen MR) is 63.4 cm³/mol. The smallest absolute Gasteiger partial charge is 0.352 e. The number of rotatable bonds is 4. The zero-order valence-electron chi connectivity index (χ0n) is 10.2. The van der Waals surface area contributed by atoms with Gasteiger partial charge >= 0.3 is 5.97 Å². The summed E-state index contributed by atoms with van der Waals surface area (Å²) in [6.07, 6.45) is 1.85.